The summed E-state index contributed by atoms with van der Waals surface area (Å²) in [6.07, 6.45) is 3.39. The van der Waals surface area contributed by atoms with Gasteiger partial charge in [-0.05, 0) is 44.4 Å². The Bertz CT molecular complexity index is 504. The van der Waals surface area contributed by atoms with Crippen LogP contribution in [0.15, 0.2) is 0 Å². The number of rotatable bonds is 6. The molecular formula is C16H28N4O2. The van der Waals surface area contributed by atoms with Crippen LogP contribution in [0.4, 0.5) is 0 Å². The molecule has 22 heavy (non-hydrogen) atoms. The molecule has 0 aromatic carbocycles. The highest BCUT2D eigenvalue weighted by atomic mass is 16.5. The number of amides is 1. The average Bonchev–Trinajstić information content (AvgIpc) is 2.75. The molecule has 6 heteroatoms. The summed E-state index contributed by atoms with van der Waals surface area (Å²) in [5, 5.41) is 7.26. The fraction of sp³-hybridized carbons (Fsp3) is 0.812. The molecule has 6 nitrogen and oxygen atoms in total. The van der Waals surface area contributed by atoms with Crippen molar-refractivity contribution in [1.82, 2.24) is 20.1 Å². The lowest BCUT2D eigenvalue weighted by atomic mass is 9.80. The molecule has 1 aliphatic rings. The number of carbonyl (C=O) groups is 1. The van der Waals surface area contributed by atoms with E-state index in [2.05, 4.69) is 29.2 Å². The molecular weight excluding hydrogens is 280 g/mol. The zero-order chi connectivity index (χ0) is 16.2. The first-order chi connectivity index (χ1) is 10.4. The number of carbonyl (C=O) groups excluding carboxylic acids is 1. The maximum atomic E-state index is 12.1. The van der Waals surface area contributed by atoms with E-state index in [1.54, 1.807) is 4.68 Å². The van der Waals surface area contributed by atoms with E-state index in [1.807, 2.05) is 13.8 Å². The monoisotopic (exact) mass is 308 g/mol. The van der Waals surface area contributed by atoms with Crippen molar-refractivity contribution in [1.29, 1.82) is 0 Å². The van der Waals surface area contributed by atoms with Crippen molar-refractivity contribution >= 4 is 5.91 Å². The second-order valence-corrected chi connectivity index (χ2v) is 7.06. The predicted octanol–water partition coefficient (Wildman–Crippen LogP) is 1.85. The van der Waals surface area contributed by atoms with Gasteiger partial charge in [-0.15, -0.1) is 0 Å². The standard InChI is InChI=1S/C16H28N4O2/c1-12-18-13(2)20(19-12)10-15(21)17-11-16(3,4)9-14-5-7-22-8-6-14/h14H,5-11H2,1-4H3,(H,17,21). The smallest absolute Gasteiger partial charge is 0.241 e. The van der Waals surface area contributed by atoms with Crippen molar-refractivity contribution in [3.63, 3.8) is 0 Å². The minimum absolute atomic E-state index is 0.00643. The normalized spacial score (nSPS) is 16.7. The third-order valence-corrected chi connectivity index (χ3v) is 4.20. The second kappa shape index (κ2) is 7.22. The maximum Gasteiger partial charge on any atom is 0.241 e. The molecule has 2 heterocycles. The van der Waals surface area contributed by atoms with Crippen molar-refractivity contribution in [3.05, 3.63) is 11.6 Å². The number of aryl methyl sites for hydroxylation is 2. The summed E-state index contributed by atoms with van der Waals surface area (Å²) in [5.74, 6) is 2.17. The first-order valence-electron chi connectivity index (χ1n) is 8.08. The zero-order valence-corrected chi connectivity index (χ0v) is 14.2. The molecule has 0 unspecified atom stereocenters. The molecule has 1 aliphatic heterocycles. The Morgan fingerprint density at radius 1 is 1.36 bits per heavy atom. The largest absolute Gasteiger partial charge is 0.381 e. The molecule has 1 amide bonds. The van der Waals surface area contributed by atoms with Gasteiger partial charge in [0.15, 0.2) is 0 Å². The van der Waals surface area contributed by atoms with Crippen LogP contribution in [0.1, 0.15) is 44.8 Å². The van der Waals surface area contributed by atoms with E-state index < -0.39 is 0 Å². The first-order valence-corrected chi connectivity index (χ1v) is 8.08. The quantitative estimate of drug-likeness (QED) is 0.871. The van der Waals surface area contributed by atoms with Gasteiger partial charge in [0.05, 0.1) is 0 Å². The fourth-order valence-corrected chi connectivity index (χ4v) is 3.05. The van der Waals surface area contributed by atoms with Gasteiger partial charge >= 0.3 is 0 Å². The number of hydrogen-bond acceptors (Lipinski definition) is 4. The first kappa shape index (κ1) is 16.9. The van der Waals surface area contributed by atoms with E-state index in [0.29, 0.717) is 18.3 Å². The summed E-state index contributed by atoms with van der Waals surface area (Å²) in [6.45, 7) is 10.8. The maximum absolute atomic E-state index is 12.1. The van der Waals surface area contributed by atoms with Crippen LogP contribution in [0, 0.1) is 25.2 Å². The predicted molar refractivity (Wildman–Crippen MR) is 84.4 cm³/mol. The molecule has 1 fully saturated rings. The highest BCUT2D eigenvalue weighted by Crippen LogP contribution is 2.30. The number of ether oxygens (including phenoxy) is 1. The van der Waals surface area contributed by atoms with Gasteiger partial charge in [0, 0.05) is 19.8 Å². The second-order valence-electron chi connectivity index (χ2n) is 7.06. The van der Waals surface area contributed by atoms with Gasteiger partial charge in [-0.1, -0.05) is 13.8 Å². The molecule has 0 radical (unpaired) electrons. The van der Waals surface area contributed by atoms with Crippen molar-refractivity contribution in [2.75, 3.05) is 19.8 Å². The van der Waals surface area contributed by atoms with Crippen LogP contribution in [0.25, 0.3) is 0 Å². The molecule has 1 N–H and O–H groups in total. The Morgan fingerprint density at radius 3 is 2.64 bits per heavy atom. The minimum Gasteiger partial charge on any atom is -0.381 e. The van der Waals surface area contributed by atoms with Gasteiger partial charge in [0.25, 0.3) is 0 Å². The highest BCUT2D eigenvalue weighted by molar-refractivity contribution is 5.75. The average molecular weight is 308 g/mol. The Labute approximate surface area is 132 Å². The molecule has 1 saturated heterocycles. The van der Waals surface area contributed by atoms with Crippen molar-refractivity contribution in [3.8, 4) is 0 Å². The zero-order valence-electron chi connectivity index (χ0n) is 14.2. The van der Waals surface area contributed by atoms with Gasteiger partial charge in [-0.2, -0.15) is 5.10 Å². The van der Waals surface area contributed by atoms with E-state index in [0.717, 1.165) is 38.3 Å². The molecule has 0 spiro atoms. The van der Waals surface area contributed by atoms with Crippen LogP contribution < -0.4 is 5.32 Å². The van der Waals surface area contributed by atoms with Crippen molar-refractivity contribution < 1.29 is 9.53 Å². The van der Waals surface area contributed by atoms with Crippen LogP contribution in [0.3, 0.4) is 0 Å². The fourth-order valence-electron chi connectivity index (χ4n) is 3.05. The number of nitrogens with one attached hydrogen (secondary N) is 1. The summed E-state index contributed by atoms with van der Waals surface area (Å²) < 4.78 is 7.06. The lowest BCUT2D eigenvalue weighted by Gasteiger charge is -2.32. The Morgan fingerprint density at radius 2 is 2.05 bits per heavy atom. The third-order valence-electron chi connectivity index (χ3n) is 4.20. The van der Waals surface area contributed by atoms with Crippen LogP contribution >= 0.6 is 0 Å². The summed E-state index contributed by atoms with van der Waals surface area (Å²) in [5.41, 5.74) is 0.102. The molecule has 0 bridgehead atoms. The number of aromatic nitrogens is 3. The molecule has 124 valence electrons. The molecule has 0 aliphatic carbocycles. The van der Waals surface area contributed by atoms with Gasteiger partial charge in [-0.3, -0.25) is 4.79 Å². The minimum atomic E-state index is -0.00643. The van der Waals surface area contributed by atoms with Gasteiger partial charge in [0.2, 0.25) is 5.91 Å². The van der Waals surface area contributed by atoms with Crippen molar-refractivity contribution in [2.45, 2.75) is 53.5 Å². The van der Waals surface area contributed by atoms with E-state index in [-0.39, 0.29) is 17.9 Å². The van der Waals surface area contributed by atoms with E-state index in [4.69, 9.17) is 4.74 Å². The van der Waals surface area contributed by atoms with Gasteiger partial charge in [-0.25, -0.2) is 9.67 Å². The summed E-state index contributed by atoms with van der Waals surface area (Å²) in [7, 11) is 0. The Balaban J connectivity index is 1.77. The van der Waals surface area contributed by atoms with Gasteiger partial charge in [0.1, 0.15) is 18.2 Å². The van der Waals surface area contributed by atoms with Crippen LogP contribution in [0.2, 0.25) is 0 Å². The van der Waals surface area contributed by atoms with E-state index in [9.17, 15) is 4.79 Å². The summed E-state index contributed by atoms with van der Waals surface area (Å²) in [6, 6.07) is 0. The summed E-state index contributed by atoms with van der Waals surface area (Å²) in [4.78, 5) is 16.3. The van der Waals surface area contributed by atoms with Crippen LogP contribution in [0.5, 0.6) is 0 Å². The molecule has 0 atom stereocenters. The highest BCUT2D eigenvalue weighted by Gasteiger charge is 2.25. The van der Waals surface area contributed by atoms with Gasteiger partial charge < -0.3 is 10.1 Å². The topological polar surface area (TPSA) is 69.0 Å². The number of hydrogen-bond donors (Lipinski definition) is 1. The molecule has 2 rings (SSSR count). The van der Waals surface area contributed by atoms with E-state index in [1.165, 1.54) is 0 Å². The van der Waals surface area contributed by atoms with Crippen LogP contribution in [-0.4, -0.2) is 40.4 Å². The third kappa shape index (κ3) is 5.09. The lowest BCUT2D eigenvalue weighted by Crippen LogP contribution is -2.37. The molecule has 1 aromatic rings. The summed E-state index contributed by atoms with van der Waals surface area (Å²) >= 11 is 0. The molecule has 0 saturated carbocycles. The number of nitrogens with zero attached hydrogens (tertiary/aromatic N) is 3. The van der Waals surface area contributed by atoms with Crippen molar-refractivity contribution in [2.24, 2.45) is 11.3 Å². The van der Waals surface area contributed by atoms with E-state index >= 15 is 0 Å². The Kier molecular flexibility index (Phi) is 5.56. The Hall–Kier alpha value is -1.43. The SMILES string of the molecule is Cc1nc(C)n(CC(=O)NCC(C)(C)CC2CCOCC2)n1. The van der Waals surface area contributed by atoms with Crippen LogP contribution in [-0.2, 0) is 16.1 Å². The molecule has 1 aromatic heterocycles. The lowest BCUT2D eigenvalue weighted by molar-refractivity contribution is -0.122.